The van der Waals surface area contributed by atoms with Crippen LogP contribution in [-0.2, 0) is 21.3 Å². The molecule has 2 saturated heterocycles. The maximum absolute atomic E-state index is 12.1. The van der Waals surface area contributed by atoms with Crippen LogP contribution < -0.4 is 29.6 Å². The Morgan fingerprint density at radius 3 is 2.73 bits per heavy atom. The Morgan fingerprint density at radius 1 is 1.41 bits per heavy atom. The molecule has 0 unspecified atom stereocenters. The van der Waals surface area contributed by atoms with Crippen molar-refractivity contribution in [2.75, 3.05) is 6.54 Å². The number of fused-ring (bicyclic) bond motifs is 2. The smallest absolute Gasteiger partial charge is 0.724 e. The third-order valence-electron chi connectivity index (χ3n) is 3.40. The predicted octanol–water partition coefficient (Wildman–Crippen LogP) is -4.10. The van der Waals surface area contributed by atoms with Crippen LogP contribution in [0.5, 0.6) is 0 Å². The normalized spacial score (nSPS) is 24.5. The van der Waals surface area contributed by atoms with Gasteiger partial charge < -0.3 is 19.0 Å². The summed E-state index contributed by atoms with van der Waals surface area (Å²) in [5, 5.41) is 16.8. The Kier molecular flexibility index (Phi) is 5.11. The van der Waals surface area contributed by atoms with E-state index in [9.17, 15) is 17.8 Å². The first kappa shape index (κ1) is 17.6. The number of urea groups is 1. The molecule has 13 heteroatoms. The summed E-state index contributed by atoms with van der Waals surface area (Å²) in [5.74, 6) is 0.173. The number of hydrogen-bond donors (Lipinski definition) is 1. The van der Waals surface area contributed by atoms with Gasteiger partial charge in [0.05, 0.1) is 6.04 Å². The number of carbonyl (C=O) groups is 1. The summed E-state index contributed by atoms with van der Waals surface area (Å²) in [6, 6.07) is -1.80. The molecule has 116 valence electrons. The van der Waals surface area contributed by atoms with Crippen LogP contribution in [0, 0.1) is 0 Å². The molecule has 22 heavy (non-hydrogen) atoms. The van der Waals surface area contributed by atoms with Crippen molar-refractivity contribution < 1.29 is 61.1 Å². The van der Waals surface area contributed by atoms with Gasteiger partial charge in [0.1, 0.15) is 12.6 Å². The fourth-order valence-corrected chi connectivity index (χ4v) is 2.93. The molecule has 2 atom stereocenters. The van der Waals surface area contributed by atoms with E-state index in [2.05, 4.69) is 14.5 Å². The van der Waals surface area contributed by atoms with Crippen LogP contribution in [0.3, 0.4) is 0 Å². The molecule has 2 aliphatic rings. The second kappa shape index (κ2) is 6.39. The first-order valence-corrected chi connectivity index (χ1v) is 7.41. The molecule has 0 spiro atoms. The minimum atomic E-state index is -5.02. The van der Waals surface area contributed by atoms with E-state index in [1.54, 1.807) is 0 Å². The average Bonchev–Trinajstić information content (AvgIpc) is 2.98. The Balaban J connectivity index is 0.00000176. The van der Waals surface area contributed by atoms with Gasteiger partial charge in [-0.25, -0.2) is 13.2 Å². The van der Waals surface area contributed by atoms with Gasteiger partial charge in [0.15, 0.2) is 0 Å². The van der Waals surface area contributed by atoms with Crippen molar-refractivity contribution in [2.45, 2.75) is 31.5 Å². The fraction of sp³-hybridized carbons (Fsp3) is 0.667. The zero-order chi connectivity index (χ0) is 15.2. The van der Waals surface area contributed by atoms with Crippen LogP contribution in [0.25, 0.3) is 0 Å². The molecule has 2 fully saturated rings. The standard InChI is InChI=1S/C9H12N4O7S.Na/c14-4-7-10-11-8(19-7)6-2-1-5-3-12(6)9(15)13(5)20-21(16,17)18;/h5-6,14H,1-4H2,(H,16,17,18);/q;+1/p-1/t5-,6+;/m1./s1. The summed E-state index contributed by atoms with van der Waals surface area (Å²) in [6.45, 7) is -0.226. The summed E-state index contributed by atoms with van der Waals surface area (Å²) in [6.07, 6.45) is 0.863. The third kappa shape index (κ3) is 3.27. The summed E-state index contributed by atoms with van der Waals surface area (Å²) in [7, 11) is -5.02. The Bertz CT molecular complexity index is 665. The van der Waals surface area contributed by atoms with Gasteiger partial charge >= 0.3 is 35.6 Å². The van der Waals surface area contributed by atoms with Crippen LogP contribution in [-0.4, -0.2) is 56.9 Å². The molecule has 0 saturated carbocycles. The zero-order valence-corrected chi connectivity index (χ0v) is 14.4. The van der Waals surface area contributed by atoms with Crippen LogP contribution in [0.2, 0.25) is 0 Å². The number of aliphatic hydroxyl groups is 1. The van der Waals surface area contributed by atoms with E-state index in [1.807, 2.05) is 0 Å². The topological polar surface area (TPSA) is 149 Å². The molecule has 11 nitrogen and oxygen atoms in total. The molecule has 3 rings (SSSR count). The van der Waals surface area contributed by atoms with Crippen LogP contribution in [0.1, 0.15) is 30.7 Å². The van der Waals surface area contributed by atoms with Crippen LogP contribution in [0.15, 0.2) is 4.42 Å². The van der Waals surface area contributed by atoms with Crippen molar-refractivity contribution in [1.29, 1.82) is 0 Å². The maximum atomic E-state index is 12.1. The number of rotatable bonds is 4. The van der Waals surface area contributed by atoms with Crippen molar-refractivity contribution >= 4 is 16.4 Å². The predicted molar refractivity (Wildman–Crippen MR) is 60.7 cm³/mol. The van der Waals surface area contributed by atoms with Crippen molar-refractivity contribution in [3.05, 3.63) is 11.8 Å². The first-order valence-electron chi connectivity index (χ1n) is 6.07. The van der Waals surface area contributed by atoms with Crippen molar-refractivity contribution in [2.24, 2.45) is 0 Å². The van der Waals surface area contributed by atoms with Gasteiger partial charge in [-0.3, -0.25) is 0 Å². The molecule has 0 aliphatic carbocycles. The SMILES string of the molecule is O=C1N2C[C@@H](CC[C@H]2c2nnc(CO)o2)N1OS(=O)(=O)[O-].[Na+]. The van der Waals surface area contributed by atoms with E-state index >= 15 is 0 Å². The number of amides is 2. The number of aliphatic hydroxyl groups excluding tert-OH is 1. The number of nitrogens with zero attached hydrogens (tertiary/aromatic N) is 4. The number of hydroxylamine groups is 2. The number of aromatic nitrogens is 2. The van der Waals surface area contributed by atoms with Crippen LogP contribution in [0.4, 0.5) is 4.79 Å². The summed E-state index contributed by atoms with van der Waals surface area (Å²) in [4.78, 5) is 13.4. The van der Waals surface area contributed by atoms with E-state index in [1.165, 1.54) is 4.90 Å². The summed E-state index contributed by atoms with van der Waals surface area (Å²) >= 11 is 0. The molecule has 1 aromatic rings. The maximum Gasteiger partial charge on any atom is 1.00 e. The van der Waals surface area contributed by atoms with E-state index in [4.69, 9.17) is 9.52 Å². The second-order valence-corrected chi connectivity index (χ2v) is 5.65. The molecule has 2 aliphatic heterocycles. The van der Waals surface area contributed by atoms with Gasteiger partial charge in [-0.1, -0.05) is 0 Å². The molecule has 0 radical (unpaired) electrons. The first-order chi connectivity index (χ1) is 9.89. The minimum Gasteiger partial charge on any atom is -0.724 e. The molecule has 3 heterocycles. The van der Waals surface area contributed by atoms with Crippen LogP contribution >= 0.6 is 0 Å². The van der Waals surface area contributed by atoms with Crippen molar-refractivity contribution in [3.8, 4) is 0 Å². The Hall–Kier alpha value is -0.760. The molecule has 0 aromatic carbocycles. The Morgan fingerprint density at radius 2 is 2.14 bits per heavy atom. The van der Waals surface area contributed by atoms with Gasteiger partial charge in [0.25, 0.3) is 0 Å². The van der Waals surface area contributed by atoms with E-state index in [-0.39, 0.29) is 47.9 Å². The fourth-order valence-electron chi connectivity index (χ4n) is 2.55. The Labute approximate surface area is 147 Å². The number of hydrogen-bond acceptors (Lipinski definition) is 9. The largest absolute Gasteiger partial charge is 1.00 e. The van der Waals surface area contributed by atoms with Crippen molar-refractivity contribution in [1.82, 2.24) is 20.2 Å². The molecule has 2 amide bonds. The van der Waals surface area contributed by atoms with Gasteiger partial charge in [0, 0.05) is 6.54 Å². The van der Waals surface area contributed by atoms with E-state index in [0.717, 1.165) is 0 Å². The zero-order valence-electron chi connectivity index (χ0n) is 11.6. The van der Waals surface area contributed by atoms with Gasteiger partial charge in [0.2, 0.25) is 22.2 Å². The average molecular weight is 342 g/mol. The monoisotopic (exact) mass is 342 g/mol. The summed E-state index contributed by atoms with van der Waals surface area (Å²) < 4.78 is 41.4. The molecular formula is C9H11N4NaO7S. The molecule has 2 bridgehead atoms. The van der Waals surface area contributed by atoms with Crippen molar-refractivity contribution in [3.63, 3.8) is 0 Å². The second-order valence-electron chi connectivity index (χ2n) is 4.68. The minimum absolute atomic E-state index is 0. The summed E-state index contributed by atoms with van der Waals surface area (Å²) in [5.41, 5.74) is 0. The third-order valence-corrected chi connectivity index (χ3v) is 3.74. The van der Waals surface area contributed by atoms with Gasteiger partial charge in [-0.05, 0) is 12.8 Å². The van der Waals surface area contributed by atoms with E-state index in [0.29, 0.717) is 17.9 Å². The van der Waals surface area contributed by atoms with Gasteiger partial charge in [-0.15, -0.1) is 10.2 Å². The molecular weight excluding hydrogens is 331 g/mol. The molecule has 1 aromatic heterocycles. The van der Waals surface area contributed by atoms with Gasteiger partial charge in [-0.2, -0.15) is 9.35 Å². The van der Waals surface area contributed by atoms with E-state index < -0.39 is 35.1 Å². The quantitative estimate of drug-likeness (QED) is 0.327. The number of carbonyl (C=O) groups excluding carboxylic acids is 1. The number of piperidine rings is 1. The molecule has 1 N–H and O–H groups in total.